The van der Waals surface area contributed by atoms with Crippen molar-refractivity contribution in [1.29, 1.82) is 0 Å². The van der Waals surface area contributed by atoms with Gasteiger partial charge in [-0.15, -0.1) is 0 Å². The van der Waals surface area contributed by atoms with Gasteiger partial charge in [0.1, 0.15) is 5.82 Å². The highest BCUT2D eigenvalue weighted by atomic mass is 19.1. The molecule has 6 nitrogen and oxygen atoms in total. The lowest BCUT2D eigenvalue weighted by Crippen LogP contribution is -2.36. The number of halogens is 1. The van der Waals surface area contributed by atoms with Gasteiger partial charge in [-0.05, 0) is 37.1 Å². The zero-order chi connectivity index (χ0) is 18.9. The fraction of sp³-hybridized carbons (Fsp3) is 0.211. The van der Waals surface area contributed by atoms with E-state index in [-0.39, 0.29) is 36.6 Å². The molecule has 0 atom stereocenters. The summed E-state index contributed by atoms with van der Waals surface area (Å²) in [5.41, 5.74) is 0.780. The smallest absolute Gasteiger partial charge is 0.340 e. The molecule has 0 aliphatic heterocycles. The van der Waals surface area contributed by atoms with Crippen LogP contribution in [0.3, 0.4) is 0 Å². The molecule has 0 unspecified atom stereocenters. The summed E-state index contributed by atoms with van der Waals surface area (Å²) in [7, 11) is 0. The first kappa shape index (κ1) is 19.1. The van der Waals surface area contributed by atoms with Crippen LogP contribution in [0.2, 0.25) is 0 Å². The summed E-state index contributed by atoms with van der Waals surface area (Å²) >= 11 is 0. The van der Waals surface area contributed by atoms with Gasteiger partial charge in [-0.2, -0.15) is 0 Å². The van der Waals surface area contributed by atoms with Crippen LogP contribution in [0.25, 0.3) is 0 Å². The van der Waals surface area contributed by atoms with Crippen LogP contribution in [-0.4, -0.2) is 30.9 Å². The van der Waals surface area contributed by atoms with Gasteiger partial charge < -0.3 is 15.4 Å². The minimum absolute atomic E-state index is 0.104. The van der Waals surface area contributed by atoms with Gasteiger partial charge in [-0.1, -0.05) is 30.3 Å². The lowest BCUT2D eigenvalue weighted by Gasteiger charge is -2.10. The third kappa shape index (κ3) is 5.14. The second-order valence-corrected chi connectivity index (χ2v) is 5.32. The van der Waals surface area contributed by atoms with Crippen LogP contribution in [-0.2, 0) is 20.7 Å². The molecule has 0 heterocycles. The Hall–Kier alpha value is -3.22. The predicted molar refractivity (Wildman–Crippen MR) is 94.1 cm³/mol. The molecule has 2 rings (SSSR count). The van der Waals surface area contributed by atoms with Crippen molar-refractivity contribution in [2.75, 3.05) is 18.5 Å². The van der Waals surface area contributed by atoms with Crippen molar-refractivity contribution >= 4 is 23.5 Å². The van der Waals surface area contributed by atoms with Crippen molar-refractivity contribution in [3.8, 4) is 0 Å². The molecule has 2 aromatic carbocycles. The molecule has 0 saturated heterocycles. The summed E-state index contributed by atoms with van der Waals surface area (Å²) in [5, 5.41) is 4.80. The Morgan fingerprint density at radius 3 is 2.42 bits per heavy atom. The Morgan fingerprint density at radius 2 is 1.69 bits per heavy atom. The van der Waals surface area contributed by atoms with E-state index in [2.05, 4.69) is 10.6 Å². The third-order valence-electron chi connectivity index (χ3n) is 3.51. The number of amides is 2. The van der Waals surface area contributed by atoms with Gasteiger partial charge in [0.05, 0.1) is 17.9 Å². The van der Waals surface area contributed by atoms with Crippen LogP contribution >= 0.6 is 0 Å². The van der Waals surface area contributed by atoms with Crippen LogP contribution in [0.15, 0.2) is 48.5 Å². The van der Waals surface area contributed by atoms with Crippen LogP contribution in [0, 0.1) is 5.82 Å². The number of hydrogen-bond acceptors (Lipinski definition) is 4. The van der Waals surface area contributed by atoms with Crippen molar-refractivity contribution in [2.24, 2.45) is 0 Å². The fourth-order valence-electron chi connectivity index (χ4n) is 2.25. The number of anilines is 1. The number of esters is 1. The average molecular weight is 358 g/mol. The van der Waals surface area contributed by atoms with Crippen LogP contribution in [0.4, 0.5) is 10.1 Å². The number of rotatable bonds is 6. The summed E-state index contributed by atoms with van der Waals surface area (Å²) in [6.07, 6.45) is 0.255. The van der Waals surface area contributed by atoms with Crippen molar-refractivity contribution < 1.29 is 23.5 Å². The van der Waals surface area contributed by atoms with Crippen molar-refractivity contribution in [3.05, 3.63) is 65.5 Å². The first-order valence-corrected chi connectivity index (χ1v) is 8.11. The quantitative estimate of drug-likeness (QED) is 0.613. The molecule has 0 saturated carbocycles. The van der Waals surface area contributed by atoms with E-state index in [0.717, 1.165) is 0 Å². The first-order chi connectivity index (χ1) is 12.5. The number of carbonyl (C=O) groups is 3. The van der Waals surface area contributed by atoms with E-state index in [1.807, 2.05) is 0 Å². The molecule has 0 bridgehead atoms. The highest BCUT2D eigenvalue weighted by molar-refractivity contribution is 6.40. The number of benzene rings is 2. The molecule has 0 radical (unpaired) electrons. The molecule has 0 aromatic heterocycles. The topological polar surface area (TPSA) is 84.5 Å². The third-order valence-corrected chi connectivity index (χ3v) is 3.51. The lowest BCUT2D eigenvalue weighted by atomic mass is 10.1. The molecule has 0 spiro atoms. The number of nitrogens with one attached hydrogen (secondary N) is 2. The van der Waals surface area contributed by atoms with Gasteiger partial charge in [-0.3, -0.25) is 9.59 Å². The molecule has 26 heavy (non-hydrogen) atoms. The molecular weight excluding hydrogens is 339 g/mol. The Balaban J connectivity index is 1.92. The number of ether oxygens (including phenoxy) is 1. The zero-order valence-corrected chi connectivity index (χ0v) is 14.3. The van der Waals surface area contributed by atoms with Gasteiger partial charge >= 0.3 is 17.8 Å². The van der Waals surface area contributed by atoms with E-state index >= 15 is 0 Å². The SMILES string of the molecule is CCOC(=O)c1ccccc1NC(=O)C(=O)NCCc1ccccc1F. The van der Waals surface area contributed by atoms with Crippen LogP contribution in [0.5, 0.6) is 0 Å². The largest absolute Gasteiger partial charge is 0.462 e. The number of para-hydroxylation sites is 1. The summed E-state index contributed by atoms with van der Waals surface area (Å²) in [5.74, 6) is -2.76. The Bertz CT molecular complexity index is 808. The lowest BCUT2D eigenvalue weighted by molar-refractivity contribution is -0.136. The molecule has 0 aliphatic carbocycles. The standard InChI is InChI=1S/C19H19FN2O4/c1-2-26-19(25)14-8-4-6-10-16(14)22-18(24)17(23)21-12-11-13-7-3-5-9-15(13)20/h3-10H,2,11-12H2,1H3,(H,21,23)(H,22,24). The number of carbonyl (C=O) groups excluding carboxylic acids is 3. The van der Waals surface area contributed by atoms with Crippen molar-refractivity contribution in [2.45, 2.75) is 13.3 Å². The van der Waals surface area contributed by atoms with E-state index in [1.54, 1.807) is 37.3 Å². The Labute approximate surface area is 150 Å². The second-order valence-electron chi connectivity index (χ2n) is 5.32. The fourth-order valence-corrected chi connectivity index (χ4v) is 2.25. The van der Waals surface area contributed by atoms with Gasteiger partial charge in [0.2, 0.25) is 0 Å². The Kier molecular flexibility index (Phi) is 6.84. The normalized spacial score (nSPS) is 10.1. The van der Waals surface area contributed by atoms with E-state index in [9.17, 15) is 18.8 Å². The summed E-state index contributed by atoms with van der Waals surface area (Å²) in [4.78, 5) is 35.8. The molecule has 2 N–H and O–H groups in total. The molecule has 7 heteroatoms. The highest BCUT2D eigenvalue weighted by Gasteiger charge is 2.18. The average Bonchev–Trinajstić information content (AvgIpc) is 2.63. The van der Waals surface area contributed by atoms with Gasteiger partial charge in [0, 0.05) is 6.54 Å². The van der Waals surface area contributed by atoms with Crippen molar-refractivity contribution in [1.82, 2.24) is 5.32 Å². The maximum atomic E-state index is 13.5. The van der Waals surface area contributed by atoms with Gasteiger partial charge in [0.15, 0.2) is 0 Å². The van der Waals surface area contributed by atoms with Crippen LogP contribution < -0.4 is 10.6 Å². The highest BCUT2D eigenvalue weighted by Crippen LogP contribution is 2.16. The van der Waals surface area contributed by atoms with Crippen molar-refractivity contribution in [3.63, 3.8) is 0 Å². The monoisotopic (exact) mass is 358 g/mol. The minimum Gasteiger partial charge on any atom is -0.462 e. The Morgan fingerprint density at radius 1 is 1.00 bits per heavy atom. The first-order valence-electron chi connectivity index (χ1n) is 8.11. The molecule has 136 valence electrons. The molecular formula is C19H19FN2O4. The zero-order valence-electron chi connectivity index (χ0n) is 14.3. The van der Waals surface area contributed by atoms with Crippen LogP contribution in [0.1, 0.15) is 22.8 Å². The minimum atomic E-state index is -0.921. The maximum Gasteiger partial charge on any atom is 0.340 e. The molecule has 2 aromatic rings. The number of hydrogen-bond donors (Lipinski definition) is 2. The summed E-state index contributed by atoms with van der Waals surface area (Å²) in [6.45, 7) is 1.96. The predicted octanol–water partition coefficient (Wildman–Crippen LogP) is 2.30. The summed E-state index contributed by atoms with van der Waals surface area (Å²) < 4.78 is 18.4. The van der Waals surface area contributed by atoms with E-state index in [0.29, 0.717) is 5.56 Å². The molecule has 2 amide bonds. The second kappa shape index (κ2) is 9.31. The van der Waals surface area contributed by atoms with E-state index in [4.69, 9.17) is 4.74 Å². The molecule has 0 aliphatic rings. The van der Waals surface area contributed by atoms with E-state index < -0.39 is 17.8 Å². The summed E-state index contributed by atoms with van der Waals surface area (Å²) in [6, 6.07) is 12.4. The molecule has 0 fully saturated rings. The van der Waals surface area contributed by atoms with E-state index in [1.165, 1.54) is 18.2 Å². The maximum absolute atomic E-state index is 13.5. The van der Waals surface area contributed by atoms with Gasteiger partial charge in [-0.25, -0.2) is 9.18 Å². The van der Waals surface area contributed by atoms with Gasteiger partial charge in [0.25, 0.3) is 0 Å².